The van der Waals surface area contributed by atoms with Crippen LogP contribution >= 0.6 is 0 Å². The first-order valence-corrected chi connectivity index (χ1v) is 8.09. The molecule has 0 aliphatic rings. The van der Waals surface area contributed by atoms with Crippen LogP contribution in [0.3, 0.4) is 0 Å². The summed E-state index contributed by atoms with van der Waals surface area (Å²) in [6.45, 7) is 8.15. The van der Waals surface area contributed by atoms with Gasteiger partial charge in [0.25, 0.3) is 0 Å². The van der Waals surface area contributed by atoms with Crippen LogP contribution in [0.5, 0.6) is 0 Å². The van der Waals surface area contributed by atoms with Crippen LogP contribution in [0.4, 0.5) is 0 Å². The van der Waals surface area contributed by atoms with Crippen LogP contribution < -0.4 is 0 Å². The van der Waals surface area contributed by atoms with Crippen molar-refractivity contribution in [3.63, 3.8) is 0 Å². The maximum atomic E-state index is 12.7. The molecule has 0 saturated heterocycles. The van der Waals surface area contributed by atoms with E-state index in [0.29, 0.717) is 24.7 Å². The van der Waals surface area contributed by atoms with E-state index in [1.807, 2.05) is 27.7 Å². The van der Waals surface area contributed by atoms with Crippen molar-refractivity contribution >= 4 is 9.84 Å². The highest BCUT2D eigenvalue weighted by Gasteiger charge is 2.28. The molecule has 0 fully saturated rings. The van der Waals surface area contributed by atoms with E-state index in [9.17, 15) is 8.42 Å². The third-order valence-corrected chi connectivity index (χ3v) is 5.02. The van der Waals surface area contributed by atoms with Crippen LogP contribution in [0.15, 0.2) is 35.2 Å². The van der Waals surface area contributed by atoms with Gasteiger partial charge in [-0.3, -0.25) is 0 Å². The van der Waals surface area contributed by atoms with Crippen LogP contribution in [-0.4, -0.2) is 13.7 Å². The normalized spacial score (nSPS) is 13.4. The molecule has 0 N–H and O–H groups in total. The first-order chi connectivity index (χ1) is 8.75. The Morgan fingerprint density at radius 3 is 2.06 bits per heavy atom. The van der Waals surface area contributed by atoms with Crippen molar-refractivity contribution in [1.82, 2.24) is 0 Å². The second kappa shape index (κ2) is 6.37. The van der Waals surface area contributed by atoms with Gasteiger partial charge in [-0.15, -0.1) is 0 Å². The lowest BCUT2D eigenvalue weighted by Crippen LogP contribution is -2.25. The Hall–Kier alpha value is -0.830. The van der Waals surface area contributed by atoms with Gasteiger partial charge in [0, 0.05) is 0 Å². The summed E-state index contributed by atoms with van der Waals surface area (Å²) in [6, 6.07) is 6.56. The molecule has 1 aromatic rings. The minimum atomic E-state index is -3.41. The fraction of sp³-hybridized carbons (Fsp3) is 0.600. The molecule has 0 bridgehead atoms. The highest BCUT2D eigenvalue weighted by Crippen LogP contribution is 2.26. The third kappa shape index (κ3) is 4.13. The lowest BCUT2D eigenvalue weighted by atomic mass is 10.0. The highest BCUT2D eigenvalue weighted by molar-refractivity contribution is 7.92. The second-order valence-corrected chi connectivity index (χ2v) is 7.85. The van der Waals surface area contributed by atoms with Gasteiger partial charge in [0.15, 0.2) is 9.84 Å². The van der Waals surface area contributed by atoms with E-state index < -0.39 is 9.84 Å². The predicted octanol–water partition coefficient (Wildman–Crippen LogP) is 3.92. The third-order valence-electron chi connectivity index (χ3n) is 2.89. The van der Waals surface area contributed by atoms with Crippen LogP contribution in [0, 0.1) is 11.8 Å². The van der Waals surface area contributed by atoms with Gasteiger partial charge in [-0.1, -0.05) is 45.9 Å². The SMILES string of the molecule is [2H]c1ccccc1S(=O)(=O)C(CC(C)C)CC(C)C. The molecule has 0 atom stereocenters. The summed E-state index contributed by atoms with van der Waals surface area (Å²) in [5.41, 5.74) is 0. The van der Waals surface area contributed by atoms with Crippen molar-refractivity contribution in [1.29, 1.82) is 0 Å². The number of hydrogen-bond donors (Lipinski definition) is 0. The van der Waals surface area contributed by atoms with Crippen LogP contribution in [0.1, 0.15) is 41.9 Å². The van der Waals surface area contributed by atoms with Crippen molar-refractivity contribution in [2.45, 2.75) is 50.7 Å². The zero-order valence-electron chi connectivity index (χ0n) is 12.7. The fourth-order valence-electron chi connectivity index (χ4n) is 2.13. The average Bonchev–Trinajstić information content (AvgIpc) is 2.27. The first kappa shape index (κ1) is 13.6. The lowest BCUT2D eigenvalue weighted by molar-refractivity contribution is 0.465. The van der Waals surface area contributed by atoms with E-state index in [1.165, 1.54) is 6.07 Å². The Morgan fingerprint density at radius 2 is 1.61 bits per heavy atom. The van der Waals surface area contributed by atoms with Crippen molar-refractivity contribution in [3.05, 3.63) is 30.3 Å². The zero-order chi connectivity index (χ0) is 14.6. The largest absolute Gasteiger partial charge is 0.223 e. The Labute approximate surface area is 113 Å². The Bertz CT molecular complexity index is 497. The predicted molar refractivity (Wildman–Crippen MR) is 76.3 cm³/mol. The van der Waals surface area contributed by atoms with Gasteiger partial charge in [-0.2, -0.15) is 0 Å². The maximum absolute atomic E-state index is 12.7. The lowest BCUT2D eigenvalue weighted by Gasteiger charge is -2.21. The van der Waals surface area contributed by atoms with Gasteiger partial charge >= 0.3 is 0 Å². The molecule has 2 nitrogen and oxygen atoms in total. The van der Waals surface area contributed by atoms with Crippen LogP contribution in [0.25, 0.3) is 0 Å². The van der Waals surface area contributed by atoms with E-state index in [1.54, 1.807) is 18.2 Å². The van der Waals surface area contributed by atoms with Gasteiger partial charge in [0.1, 0.15) is 0 Å². The van der Waals surface area contributed by atoms with Gasteiger partial charge in [-0.25, -0.2) is 8.42 Å². The molecule has 3 heteroatoms. The molecule has 102 valence electrons. The maximum Gasteiger partial charge on any atom is 0.181 e. The topological polar surface area (TPSA) is 34.1 Å². The smallest absolute Gasteiger partial charge is 0.181 e. The number of hydrogen-bond acceptors (Lipinski definition) is 2. The summed E-state index contributed by atoms with van der Waals surface area (Å²) in [4.78, 5) is 0.168. The second-order valence-electron chi connectivity index (χ2n) is 5.65. The summed E-state index contributed by atoms with van der Waals surface area (Å²) >= 11 is 0. The van der Waals surface area contributed by atoms with E-state index in [2.05, 4.69) is 0 Å². The monoisotopic (exact) mass is 269 g/mol. The Morgan fingerprint density at radius 1 is 1.06 bits per heavy atom. The van der Waals surface area contributed by atoms with Crippen molar-refractivity contribution in [3.8, 4) is 0 Å². The van der Waals surface area contributed by atoms with Crippen LogP contribution in [-0.2, 0) is 9.84 Å². The van der Waals surface area contributed by atoms with Gasteiger partial charge in [0.05, 0.1) is 11.5 Å². The quantitative estimate of drug-likeness (QED) is 0.784. The standard InChI is InChI=1S/C15H24O2S/c1-12(2)10-15(11-13(3)4)18(16,17)14-8-6-5-7-9-14/h5-9,12-13,15H,10-11H2,1-4H3/i8D. The molecule has 0 heterocycles. The molecule has 0 aliphatic carbocycles. The molecule has 18 heavy (non-hydrogen) atoms. The van der Waals surface area contributed by atoms with E-state index >= 15 is 0 Å². The molecule has 1 rings (SSSR count). The van der Waals surface area contributed by atoms with Crippen molar-refractivity contribution in [2.75, 3.05) is 0 Å². The Kier molecular flexibility index (Phi) is 4.81. The number of rotatable bonds is 6. The minimum Gasteiger partial charge on any atom is -0.223 e. The molecule has 0 amide bonds. The summed E-state index contributed by atoms with van der Waals surface area (Å²) in [6.07, 6.45) is 1.30. The van der Waals surface area contributed by atoms with Crippen molar-refractivity contribution < 1.29 is 9.79 Å². The fourth-order valence-corrected chi connectivity index (χ4v) is 4.27. The average molecular weight is 269 g/mol. The first-order valence-electron chi connectivity index (χ1n) is 7.04. The van der Waals surface area contributed by atoms with E-state index in [-0.39, 0.29) is 16.2 Å². The van der Waals surface area contributed by atoms with Gasteiger partial charge in [-0.05, 0) is 36.8 Å². The molecule has 0 aliphatic heterocycles. The molecule has 1 aromatic carbocycles. The van der Waals surface area contributed by atoms with Crippen molar-refractivity contribution in [2.24, 2.45) is 11.8 Å². The molecule has 0 unspecified atom stereocenters. The van der Waals surface area contributed by atoms with Gasteiger partial charge in [0.2, 0.25) is 0 Å². The summed E-state index contributed by atoms with van der Waals surface area (Å²) < 4.78 is 33.2. The van der Waals surface area contributed by atoms with E-state index in [0.717, 1.165) is 0 Å². The molecule has 0 radical (unpaired) electrons. The molecular formula is C15H24O2S. The minimum absolute atomic E-state index is 0.0972. The summed E-state index contributed by atoms with van der Waals surface area (Å²) in [7, 11) is -3.41. The summed E-state index contributed by atoms with van der Waals surface area (Å²) in [5.74, 6) is 0.660. The van der Waals surface area contributed by atoms with E-state index in [4.69, 9.17) is 1.37 Å². The molecule has 0 spiro atoms. The Balaban J connectivity index is 3.16. The number of sulfone groups is 1. The number of benzene rings is 1. The van der Waals surface area contributed by atoms with Crippen LogP contribution in [0.2, 0.25) is 0 Å². The zero-order valence-corrected chi connectivity index (χ0v) is 12.5. The highest BCUT2D eigenvalue weighted by atomic mass is 32.2. The van der Waals surface area contributed by atoms with Gasteiger partial charge < -0.3 is 0 Å². The summed E-state index contributed by atoms with van der Waals surface area (Å²) in [5, 5.41) is -0.390. The molecule has 0 saturated carbocycles. The molecule has 0 aromatic heterocycles. The molecular weight excluding hydrogens is 244 g/mol.